The van der Waals surface area contributed by atoms with E-state index < -0.39 is 0 Å². The van der Waals surface area contributed by atoms with Crippen LogP contribution in [-0.2, 0) is 4.74 Å². The van der Waals surface area contributed by atoms with Crippen molar-refractivity contribution in [3.05, 3.63) is 0 Å². The minimum Gasteiger partial charge on any atom is -0.378 e. The second-order valence-corrected chi connectivity index (χ2v) is 5.62. The molecule has 0 radical (unpaired) electrons. The lowest BCUT2D eigenvalue weighted by molar-refractivity contribution is 0.00384. The summed E-state index contributed by atoms with van der Waals surface area (Å²) < 4.78 is 5.86. The standard InChI is InChI=1S/C15H31NO/c1-4-9-16-14(11-13(3)5-2)12-15-8-6-7-10-17-15/h13-16H,4-12H2,1-3H3. The van der Waals surface area contributed by atoms with E-state index in [4.69, 9.17) is 4.74 Å². The number of hydrogen-bond acceptors (Lipinski definition) is 2. The van der Waals surface area contributed by atoms with Gasteiger partial charge in [-0.2, -0.15) is 0 Å². The molecular formula is C15H31NO. The van der Waals surface area contributed by atoms with Gasteiger partial charge in [0.25, 0.3) is 0 Å². The molecule has 0 amide bonds. The van der Waals surface area contributed by atoms with Crippen LogP contribution in [0, 0.1) is 5.92 Å². The van der Waals surface area contributed by atoms with E-state index in [0.29, 0.717) is 12.1 Å². The lowest BCUT2D eigenvalue weighted by Gasteiger charge is -2.29. The Labute approximate surface area is 108 Å². The van der Waals surface area contributed by atoms with Gasteiger partial charge in [0.2, 0.25) is 0 Å². The molecule has 102 valence electrons. The van der Waals surface area contributed by atoms with Crippen LogP contribution in [0.15, 0.2) is 0 Å². The molecule has 2 nitrogen and oxygen atoms in total. The predicted octanol–water partition coefficient (Wildman–Crippen LogP) is 3.75. The smallest absolute Gasteiger partial charge is 0.0590 e. The van der Waals surface area contributed by atoms with Gasteiger partial charge >= 0.3 is 0 Å². The van der Waals surface area contributed by atoms with Crippen molar-refractivity contribution >= 4 is 0 Å². The zero-order valence-electron chi connectivity index (χ0n) is 12.0. The zero-order chi connectivity index (χ0) is 12.5. The first kappa shape index (κ1) is 15.0. The highest BCUT2D eigenvalue weighted by atomic mass is 16.5. The van der Waals surface area contributed by atoms with Crippen molar-refractivity contribution < 1.29 is 4.74 Å². The van der Waals surface area contributed by atoms with Gasteiger partial charge in [-0.25, -0.2) is 0 Å². The molecule has 0 aliphatic carbocycles. The van der Waals surface area contributed by atoms with E-state index in [-0.39, 0.29) is 0 Å². The van der Waals surface area contributed by atoms with E-state index >= 15 is 0 Å². The Balaban J connectivity index is 2.32. The highest BCUT2D eigenvalue weighted by Crippen LogP contribution is 2.20. The molecule has 1 N–H and O–H groups in total. The minimum absolute atomic E-state index is 0.516. The van der Waals surface area contributed by atoms with Crippen molar-refractivity contribution in [1.82, 2.24) is 5.32 Å². The summed E-state index contributed by atoms with van der Waals surface area (Å²) in [6, 6.07) is 0.660. The molecular weight excluding hydrogens is 210 g/mol. The summed E-state index contributed by atoms with van der Waals surface area (Å²) in [6.07, 6.45) is 9.43. The third-order valence-electron chi connectivity index (χ3n) is 3.89. The molecule has 0 spiro atoms. The first-order valence-corrected chi connectivity index (χ1v) is 7.61. The summed E-state index contributed by atoms with van der Waals surface area (Å²) in [4.78, 5) is 0. The number of nitrogens with one attached hydrogen (secondary N) is 1. The highest BCUT2D eigenvalue weighted by Gasteiger charge is 2.20. The predicted molar refractivity (Wildman–Crippen MR) is 74.4 cm³/mol. The Morgan fingerprint density at radius 1 is 1.29 bits per heavy atom. The van der Waals surface area contributed by atoms with Crippen molar-refractivity contribution in [3.63, 3.8) is 0 Å². The molecule has 1 heterocycles. The highest BCUT2D eigenvalue weighted by molar-refractivity contribution is 4.76. The maximum atomic E-state index is 5.86. The first-order chi connectivity index (χ1) is 8.26. The van der Waals surface area contributed by atoms with Crippen LogP contribution in [0.5, 0.6) is 0 Å². The van der Waals surface area contributed by atoms with Crippen LogP contribution in [0.3, 0.4) is 0 Å². The van der Waals surface area contributed by atoms with E-state index in [2.05, 4.69) is 26.1 Å². The molecule has 1 aliphatic heterocycles. The van der Waals surface area contributed by atoms with Gasteiger partial charge in [-0.15, -0.1) is 0 Å². The fourth-order valence-electron chi connectivity index (χ4n) is 2.57. The SMILES string of the molecule is CCCNC(CC(C)CC)CC1CCCCO1. The second kappa shape index (κ2) is 8.93. The van der Waals surface area contributed by atoms with Gasteiger partial charge < -0.3 is 10.1 Å². The third kappa shape index (κ3) is 6.42. The summed E-state index contributed by atoms with van der Waals surface area (Å²) in [7, 11) is 0. The van der Waals surface area contributed by atoms with E-state index in [1.165, 1.54) is 44.9 Å². The minimum atomic E-state index is 0.516. The maximum absolute atomic E-state index is 5.86. The molecule has 2 heteroatoms. The van der Waals surface area contributed by atoms with Crippen molar-refractivity contribution in [2.24, 2.45) is 5.92 Å². The van der Waals surface area contributed by atoms with Crippen LogP contribution in [0.25, 0.3) is 0 Å². The summed E-state index contributed by atoms with van der Waals surface area (Å²) in [5.74, 6) is 0.827. The molecule has 0 aromatic rings. The topological polar surface area (TPSA) is 21.3 Å². The normalized spacial score (nSPS) is 24.5. The fraction of sp³-hybridized carbons (Fsp3) is 1.00. The van der Waals surface area contributed by atoms with E-state index in [1.54, 1.807) is 0 Å². The van der Waals surface area contributed by atoms with Crippen LogP contribution >= 0.6 is 0 Å². The van der Waals surface area contributed by atoms with Gasteiger partial charge in [0, 0.05) is 12.6 Å². The lowest BCUT2D eigenvalue weighted by atomic mass is 9.93. The largest absolute Gasteiger partial charge is 0.378 e. The van der Waals surface area contributed by atoms with Crippen LogP contribution in [-0.4, -0.2) is 25.3 Å². The van der Waals surface area contributed by atoms with Crippen molar-refractivity contribution in [2.75, 3.05) is 13.2 Å². The van der Waals surface area contributed by atoms with Gasteiger partial charge in [-0.05, 0) is 51.0 Å². The number of ether oxygens (including phenoxy) is 1. The Hall–Kier alpha value is -0.0800. The third-order valence-corrected chi connectivity index (χ3v) is 3.89. The summed E-state index contributed by atoms with van der Waals surface area (Å²) in [6.45, 7) is 9.02. The van der Waals surface area contributed by atoms with Gasteiger partial charge in [0.05, 0.1) is 6.10 Å². The van der Waals surface area contributed by atoms with Gasteiger partial charge in [0.1, 0.15) is 0 Å². The first-order valence-electron chi connectivity index (χ1n) is 7.61. The zero-order valence-corrected chi connectivity index (χ0v) is 12.0. The molecule has 0 aromatic heterocycles. The second-order valence-electron chi connectivity index (χ2n) is 5.62. The molecule has 1 rings (SSSR count). The number of hydrogen-bond donors (Lipinski definition) is 1. The van der Waals surface area contributed by atoms with Crippen molar-refractivity contribution in [1.29, 1.82) is 0 Å². The lowest BCUT2D eigenvalue weighted by Crippen LogP contribution is -2.36. The summed E-state index contributed by atoms with van der Waals surface area (Å²) in [5.41, 5.74) is 0. The number of rotatable bonds is 8. The van der Waals surface area contributed by atoms with Crippen molar-refractivity contribution in [3.8, 4) is 0 Å². The average Bonchev–Trinajstić information content (AvgIpc) is 2.37. The van der Waals surface area contributed by atoms with Crippen molar-refractivity contribution in [2.45, 2.75) is 77.9 Å². The molecule has 1 saturated heterocycles. The van der Waals surface area contributed by atoms with Crippen LogP contribution < -0.4 is 5.32 Å². The molecule has 0 aromatic carbocycles. The fourth-order valence-corrected chi connectivity index (χ4v) is 2.57. The molecule has 0 saturated carbocycles. The molecule has 1 fully saturated rings. The average molecular weight is 241 g/mol. The Bertz CT molecular complexity index is 178. The molecule has 3 unspecified atom stereocenters. The van der Waals surface area contributed by atoms with Gasteiger partial charge in [-0.3, -0.25) is 0 Å². The Kier molecular flexibility index (Phi) is 7.87. The van der Waals surface area contributed by atoms with E-state index in [0.717, 1.165) is 19.1 Å². The maximum Gasteiger partial charge on any atom is 0.0590 e. The summed E-state index contributed by atoms with van der Waals surface area (Å²) >= 11 is 0. The van der Waals surface area contributed by atoms with E-state index in [9.17, 15) is 0 Å². The molecule has 3 atom stereocenters. The molecule has 17 heavy (non-hydrogen) atoms. The van der Waals surface area contributed by atoms with E-state index in [1.807, 2.05) is 0 Å². The molecule has 0 bridgehead atoms. The van der Waals surface area contributed by atoms with Gasteiger partial charge in [-0.1, -0.05) is 27.2 Å². The van der Waals surface area contributed by atoms with Crippen LogP contribution in [0.2, 0.25) is 0 Å². The Morgan fingerprint density at radius 3 is 2.71 bits per heavy atom. The summed E-state index contributed by atoms with van der Waals surface area (Å²) in [5, 5.41) is 3.70. The van der Waals surface area contributed by atoms with Crippen LogP contribution in [0.4, 0.5) is 0 Å². The molecule has 1 aliphatic rings. The van der Waals surface area contributed by atoms with Gasteiger partial charge in [0.15, 0.2) is 0 Å². The quantitative estimate of drug-likeness (QED) is 0.699. The Morgan fingerprint density at radius 2 is 2.12 bits per heavy atom. The van der Waals surface area contributed by atoms with Crippen LogP contribution in [0.1, 0.15) is 65.7 Å². The monoisotopic (exact) mass is 241 g/mol.